The van der Waals surface area contributed by atoms with Crippen LogP contribution in [0, 0.1) is 10.8 Å². The Balaban J connectivity index is 1.68. The van der Waals surface area contributed by atoms with Crippen LogP contribution in [0.2, 0.25) is 0 Å². The molecule has 0 bridgehead atoms. The SMILES string of the molecule is CCN(C/C=C/C1(CC)CC1)CCN(CC)C/C=C/C1(CC)CC1. The number of allylic oxidation sites excluding steroid dienone is 2. The minimum atomic E-state index is 0.581. The van der Waals surface area contributed by atoms with Crippen LogP contribution in [0.3, 0.4) is 0 Å². The molecule has 0 aromatic carbocycles. The molecule has 2 rings (SSSR count). The number of hydrogen-bond donors (Lipinski definition) is 0. The Morgan fingerprint density at radius 2 is 1.04 bits per heavy atom. The highest BCUT2D eigenvalue weighted by molar-refractivity contribution is 5.09. The third-order valence-corrected chi connectivity index (χ3v) is 6.49. The van der Waals surface area contributed by atoms with E-state index >= 15 is 0 Å². The van der Waals surface area contributed by atoms with Gasteiger partial charge in [0.15, 0.2) is 0 Å². The Morgan fingerprint density at radius 3 is 1.29 bits per heavy atom. The van der Waals surface area contributed by atoms with Gasteiger partial charge in [0.2, 0.25) is 0 Å². The lowest BCUT2D eigenvalue weighted by molar-refractivity contribution is 0.240. The van der Waals surface area contributed by atoms with Gasteiger partial charge in [-0.3, -0.25) is 9.80 Å². The van der Waals surface area contributed by atoms with Gasteiger partial charge in [0, 0.05) is 26.2 Å². The summed E-state index contributed by atoms with van der Waals surface area (Å²) in [5.74, 6) is 0. The molecule has 0 unspecified atom stereocenters. The monoisotopic (exact) mass is 332 g/mol. The van der Waals surface area contributed by atoms with E-state index in [1.54, 1.807) is 0 Å². The lowest BCUT2D eigenvalue weighted by Crippen LogP contribution is -2.35. The fourth-order valence-electron chi connectivity index (χ4n) is 3.54. The zero-order valence-electron chi connectivity index (χ0n) is 16.7. The van der Waals surface area contributed by atoms with Crippen molar-refractivity contribution in [2.24, 2.45) is 10.8 Å². The summed E-state index contributed by atoms with van der Waals surface area (Å²) in [7, 11) is 0. The zero-order chi connectivity index (χ0) is 17.5. The molecule has 0 aromatic heterocycles. The molecular weight excluding hydrogens is 292 g/mol. The van der Waals surface area contributed by atoms with Crippen LogP contribution in [0.25, 0.3) is 0 Å². The van der Waals surface area contributed by atoms with Crippen LogP contribution in [0.4, 0.5) is 0 Å². The largest absolute Gasteiger partial charge is 0.299 e. The maximum atomic E-state index is 2.57. The maximum Gasteiger partial charge on any atom is 0.0163 e. The van der Waals surface area contributed by atoms with E-state index < -0.39 is 0 Å². The number of nitrogens with zero attached hydrogens (tertiary/aromatic N) is 2. The van der Waals surface area contributed by atoms with E-state index in [1.807, 2.05) is 0 Å². The van der Waals surface area contributed by atoms with Crippen molar-refractivity contribution in [1.29, 1.82) is 0 Å². The van der Waals surface area contributed by atoms with Crippen LogP contribution in [-0.2, 0) is 0 Å². The van der Waals surface area contributed by atoms with E-state index in [2.05, 4.69) is 61.8 Å². The van der Waals surface area contributed by atoms with Gasteiger partial charge in [-0.15, -0.1) is 0 Å². The standard InChI is InChI=1S/C22H40N2/c1-5-21(13-14-21)11-9-17-23(7-3)19-20-24(8-4)18-10-12-22(6-2)15-16-22/h9-12H,5-8,13-20H2,1-4H3/b11-9+,12-10+. The van der Waals surface area contributed by atoms with Crippen LogP contribution >= 0.6 is 0 Å². The minimum absolute atomic E-state index is 0.581. The molecule has 0 aliphatic heterocycles. The first-order valence-electron chi connectivity index (χ1n) is 10.4. The highest BCUT2D eigenvalue weighted by Gasteiger charge is 2.38. The highest BCUT2D eigenvalue weighted by Crippen LogP contribution is 2.50. The Labute approximate surface area is 151 Å². The Kier molecular flexibility index (Phi) is 7.56. The second-order valence-electron chi connectivity index (χ2n) is 8.02. The predicted octanol–water partition coefficient (Wildman–Crippen LogP) is 5.12. The highest BCUT2D eigenvalue weighted by atomic mass is 15.2. The summed E-state index contributed by atoms with van der Waals surface area (Å²) in [5, 5.41) is 0. The van der Waals surface area contributed by atoms with Gasteiger partial charge in [-0.25, -0.2) is 0 Å². The summed E-state index contributed by atoms with van der Waals surface area (Å²) in [6.07, 6.45) is 18.1. The molecular formula is C22H40N2. The molecule has 138 valence electrons. The van der Waals surface area contributed by atoms with Gasteiger partial charge in [0.1, 0.15) is 0 Å². The van der Waals surface area contributed by atoms with Crippen molar-refractivity contribution in [3.63, 3.8) is 0 Å². The molecule has 2 saturated carbocycles. The Bertz CT molecular complexity index is 376. The average Bonchev–Trinajstić information content (AvgIpc) is 3.52. The Hall–Kier alpha value is -0.600. The van der Waals surface area contributed by atoms with Crippen LogP contribution in [0.15, 0.2) is 24.3 Å². The zero-order valence-corrected chi connectivity index (χ0v) is 16.7. The molecule has 0 atom stereocenters. The average molecular weight is 333 g/mol. The summed E-state index contributed by atoms with van der Waals surface area (Å²) in [4.78, 5) is 5.14. The molecule has 0 heterocycles. The van der Waals surface area contributed by atoms with E-state index in [0.29, 0.717) is 10.8 Å². The first-order chi connectivity index (χ1) is 11.6. The summed E-state index contributed by atoms with van der Waals surface area (Å²) in [5.41, 5.74) is 1.16. The molecule has 0 saturated heterocycles. The summed E-state index contributed by atoms with van der Waals surface area (Å²) < 4.78 is 0. The van der Waals surface area contributed by atoms with Gasteiger partial charge in [0.05, 0.1) is 0 Å². The molecule has 2 nitrogen and oxygen atoms in total. The van der Waals surface area contributed by atoms with E-state index in [1.165, 1.54) is 51.6 Å². The number of likely N-dealkylation sites (N-methyl/N-ethyl adjacent to an activating group) is 2. The summed E-state index contributed by atoms with van der Waals surface area (Å²) in [6, 6.07) is 0. The third-order valence-electron chi connectivity index (χ3n) is 6.49. The van der Waals surface area contributed by atoms with E-state index in [9.17, 15) is 0 Å². The van der Waals surface area contributed by atoms with Crippen molar-refractivity contribution < 1.29 is 0 Å². The van der Waals surface area contributed by atoms with E-state index in [4.69, 9.17) is 0 Å². The Morgan fingerprint density at radius 1 is 0.667 bits per heavy atom. The molecule has 2 aliphatic rings. The second-order valence-corrected chi connectivity index (χ2v) is 8.02. The van der Waals surface area contributed by atoms with Crippen molar-refractivity contribution in [3.8, 4) is 0 Å². The normalized spacial score (nSPS) is 21.4. The van der Waals surface area contributed by atoms with Gasteiger partial charge in [0.25, 0.3) is 0 Å². The first-order valence-corrected chi connectivity index (χ1v) is 10.4. The quantitative estimate of drug-likeness (QED) is 0.432. The second kappa shape index (κ2) is 9.20. The molecule has 0 amide bonds. The van der Waals surface area contributed by atoms with Gasteiger partial charge in [-0.05, 0) is 62.4 Å². The van der Waals surface area contributed by atoms with Crippen LogP contribution in [-0.4, -0.2) is 49.1 Å². The van der Waals surface area contributed by atoms with Crippen LogP contribution < -0.4 is 0 Å². The first kappa shape index (κ1) is 19.7. The molecule has 2 heteroatoms. The predicted molar refractivity (Wildman–Crippen MR) is 106 cm³/mol. The lowest BCUT2D eigenvalue weighted by atomic mass is 10.0. The summed E-state index contributed by atoms with van der Waals surface area (Å²) in [6.45, 7) is 16.1. The van der Waals surface area contributed by atoms with Gasteiger partial charge in [-0.2, -0.15) is 0 Å². The van der Waals surface area contributed by atoms with Crippen molar-refractivity contribution in [2.75, 3.05) is 39.3 Å². The number of hydrogen-bond acceptors (Lipinski definition) is 2. The molecule has 0 aromatic rings. The van der Waals surface area contributed by atoms with E-state index in [0.717, 1.165) is 26.2 Å². The lowest BCUT2D eigenvalue weighted by Gasteiger charge is -2.24. The third kappa shape index (κ3) is 6.04. The van der Waals surface area contributed by atoms with Crippen molar-refractivity contribution in [1.82, 2.24) is 9.80 Å². The van der Waals surface area contributed by atoms with Crippen molar-refractivity contribution in [2.45, 2.75) is 66.2 Å². The maximum absolute atomic E-state index is 2.57. The topological polar surface area (TPSA) is 6.48 Å². The van der Waals surface area contributed by atoms with Gasteiger partial charge >= 0.3 is 0 Å². The molecule has 2 aliphatic carbocycles. The smallest absolute Gasteiger partial charge is 0.0163 e. The fraction of sp³-hybridized carbons (Fsp3) is 0.818. The van der Waals surface area contributed by atoms with Crippen LogP contribution in [0.5, 0.6) is 0 Å². The van der Waals surface area contributed by atoms with Crippen molar-refractivity contribution in [3.05, 3.63) is 24.3 Å². The molecule has 0 N–H and O–H groups in total. The fourth-order valence-corrected chi connectivity index (χ4v) is 3.54. The van der Waals surface area contributed by atoms with Gasteiger partial charge in [-0.1, -0.05) is 52.0 Å². The van der Waals surface area contributed by atoms with E-state index in [-0.39, 0.29) is 0 Å². The van der Waals surface area contributed by atoms with Gasteiger partial charge < -0.3 is 0 Å². The molecule has 0 spiro atoms. The molecule has 24 heavy (non-hydrogen) atoms. The summed E-state index contributed by atoms with van der Waals surface area (Å²) >= 11 is 0. The number of rotatable bonds is 13. The molecule has 0 radical (unpaired) electrons. The van der Waals surface area contributed by atoms with Crippen molar-refractivity contribution >= 4 is 0 Å². The minimum Gasteiger partial charge on any atom is -0.299 e. The molecule has 2 fully saturated rings. The van der Waals surface area contributed by atoms with Crippen LogP contribution in [0.1, 0.15) is 66.2 Å².